The number of ether oxygens (including phenoxy) is 2. The average Bonchev–Trinajstić information content (AvgIpc) is 3.61. The molecule has 9 aliphatic heterocycles. The number of aryl methyl sites for hydroxylation is 1. The topological polar surface area (TPSA) is 85.1 Å². The molecule has 2 saturated carbocycles. The van der Waals surface area contributed by atoms with Crippen LogP contribution in [0.1, 0.15) is 113 Å². The second kappa shape index (κ2) is 11.0. The van der Waals surface area contributed by atoms with Crippen LogP contribution in [0.4, 0.5) is 0 Å². The summed E-state index contributed by atoms with van der Waals surface area (Å²) < 4.78 is 14.0. The molecule has 5 fully saturated rings. The van der Waals surface area contributed by atoms with Crippen molar-refractivity contribution in [1.82, 2.24) is 9.80 Å². The summed E-state index contributed by atoms with van der Waals surface area (Å²) in [5.74, 6) is 3.46. The molecule has 0 aromatic heterocycles. The van der Waals surface area contributed by atoms with E-state index in [2.05, 4.69) is 60.9 Å². The second-order valence-corrected chi connectivity index (χ2v) is 19.9. The highest BCUT2D eigenvalue weighted by Crippen LogP contribution is 2.88. The van der Waals surface area contributed by atoms with Crippen LogP contribution in [0.15, 0.2) is 64.1 Å². The van der Waals surface area contributed by atoms with Crippen LogP contribution < -0.4 is 5.73 Å². The van der Waals surface area contributed by atoms with E-state index in [1.54, 1.807) is 16.8 Å². The maximum atomic E-state index is 15.6. The molecule has 3 spiro atoms. The minimum absolute atomic E-state index is 0.0693. The van der Waals surface area contributed by atoms with Crippen molar-refractivity contribution in [2.75, 3.05) is 26.2 Å². The minimum atomic E-state index is -0.944. The molecule has 1 unspecified atom stereocenters. The van der Waals surface area contributed by atoms with Crippen molar-refractivity contribution in [2.24, 2.45) is 58.0 Å². The molecule has 7 nitrogen and oxygen atoms in total. The molecule has 5 aliphatic carbocycles. The van der Waals surface area contributed by atoms with Gasteiger partial charge in [-0.2, -0.15) is 0 Å². The highest BCUT2D eigenvalue weighted by molar-refractivity contribution is 6.00. The fourth-order valence-corrected chi connectivity index (χ4v) is 15.8. The Labute approximate surface area is 320 Å². The van der Waals surface area contributed by atoms with E-state index in [0.717, 1.165) is 86.9 Å². The lowest BCUT2D eigenvalue weighted by Gasteiger charge is -2.72. The first kappa shape index (κ1) is 33.0. The third-order valence-corrected chi connectivity index (χ3v) is 17.6. The molecule has 284 valence electrons. The van der Waals surface area contributed by atoms with Crippen molar-refractivity contribution in [3.63, 3.8) is 0 Å². The number of hydrogen-bond donors (Lipinski definition) is 1. The Balaban J connectivity index is 1.16. The number of piperidine rings is 2. The van der Waals surface area contributed by atoms with E-state index in [-0.39, 0.29) is 17.9 Å². The quantitative estimate of drug-likeness (QED) is 0.322. The van der Waals surface area contributed by atoms with E-state index in [9.17, 15) is 4.79 Å². The SMILES string of the molecule is C[C@@H]1CCC2=C[C@H]3[C@H]4C5=C2[C@]26C(=O)O/C(=C\C[C@@H](C)N7C[C@H]8C[C@@H](C7)[C@H]7CCC(=C4N7C8)C[C@@H]3C)[C@@]2(CC5)[C@]2(OC(=O)c3c(CCCN)cccc32)[C@H]6C1. The first-order valence-corrected chi connectivity index (χ1v) is 21.9. The maximum absolute atomic E-state index is 15.6. The van der Waals surface area contributed by atoms with Gasteiger partial charge < -0.3 is 20.1 Å². The van der Waals surface area contributed by atoms with Crippen LogP contribution >= 0.6 is 0 Å². The first-order valence-electron chi connectivity index (χ1n) is 21.9. The molecular weight excluding hydrogens is 671 g/mol. The molecule has 3 saturated heterocycles. The summed E-state index contributed by atoms with van der Waals surface area (Å²) in [6.07, 6.45) is 17.1. The molecule has 1 aromatic rings. The smallest absolute Gasteiger partial charge is 0.339 e. The Bertz CT molecular complexity index is 2040. The molecule has 9 heterocycles. The molecule has 2 N–H and O–H groups in total. The van der Waals surface area contributed by atoms with Gasteiger partial charge in [-0.05, 0) is 143 Å². The van der Waals surface area contributed by atoms with Crippen molar-refractivity contribution in [2.45, 2.75) is 116 Å². The summed E-state index contributed by atoms with van der Waals surface area (Å²) >= 11 is 0. The van der Waals surface area contributed by atoms with E-state index >= 15 is 4.79 Å². The van der Waals surface area contributed by atoms with Crippen LogP contribution in [-0.2, 0) is 26.3 Å². The third kappa shape index (κ3) is 3.66. The largest absolute Gasteiger partial charge is 0.449 e. The van der Waals surface area contributed by atoms with Crippen molar-refractivity contribution in [3.05, 3.63) is 80.8 Å². The summed E-state index contributed by atoms with van der Waals surface area (Å²) in [5, 5.41) is 0. The molecule has 0 amide bonds. The molecule has 7 heteroatoms. The summed E-state index contributed by atoms with van der Waals surface area (Å²) in [7, 11) is 0. The van der Waals surface area contributed by atoms with Gasteiger partial charge in [0.2, 0.25) is 0 Å². The number of benzene rings is 1. The van der Waals surface area contributed by atoms with E-state index in [0.29, 0.717) is 54.1 Å². The predicted molar refractivity (Wildman–Crippen MR) is 206 cm³/mol. The van der Waals surface area contributed by atoms with Gasteiger partial charge in [0, 0.05) is 54.8 Å². The number of nitrogens with zero attached hydrogens (tertiary/aromatic N) is 2. The normalized spacial score (nSPS) is 47.0. The van der Waals surface area contributed by atoms with Crippen LogP contribution in [0.5, 0.6) is 0 Å². The number of hydrogen-bond acceptors (Lipinski definition) is 7. The highest BCUT2D eigenvalue weighted by Gasteiger charge is 2.93. The Morgan fingerprint density at radius 2 is 1.91 bits per heavy atom. The molecule has 13 atom stereocenters. The van der Waals surface area contributed by atoms with Crippen LogP contribution in [0.2, 0.25) is 0 Å². The fraction of sp³-hybridized carbons (Fsp3) is 0.660. The minimum Gasteiger partial charge on any atom is -0.449 e. The van der Waals surface area contributed by atoms with Crippen LogP contribution in [-0.4, -0.2) is 60.0 Å². The Hall–Kier alpha value is -3.16. The number of fused-ring (bicyclic) bond motifs is 3. The zero-order valence-corrected chi connectivity index (χ0v) is 32.5. The Morgan fingerprint density at radius 1 is 1.02 bits per heavy atom. The van der Waals surface area contributed by atoms with Crippen LogP contribution in [0, 0.1) is 52.3 Å². The number of rotatable bonds is 3. The summed E-state index contributed by atoms with van der Waals surface area (Å²) in [6.45, 7) is 11.3. The van der Waals surface area contributed by atoms with Gasteiger partial charge in [0.25, 0.3) is 0 Å². The van der Waals surface area contributed by atoms with Gasteiger partial charge in [-0.15, -0.1) is 0 Å². The lowest BCUT2D eigenvalue weighted by Crippen LogP contribution is -2.77. The second-order valence-electron chi connectivity index (χ2n) is 19.9. The van der Waals surface area contributed by atoms with Crippen LogP contribution in [0.25, 0.3) is 0 Å². The molecule has 12 bridgehead atoms. The zero-order valence-electron chi connectivity index (χ0n) is 32.5. The van der Waals surface area contributed by atoms with Gasteiger partial charge in [-0.25, -0.2) is 4.79 Å². The molecular formula is C47H57N3O4. The molecule has 0 radical (unpaired) electrons. The highest BCUT2D eigenvalue weighted by atomic mass is 16.6. The monoisotopic (exact) mass is 727 g/mol. The summed E-state index contributed by atoms with van der Waals surface area (Å²) in [5.41, 5.74) is 13.9. The van der Waals surface area contributed by atoms with Gasteiger partial charge in [0.15, 0.2) is 5.60 Å². The van der Waals surface area contributed by atoms with E-state index < -0.39 is 16.4 Å². The lowest BCUT2D eigenvalue weighted by atomic mass is 9.28. The fourth-order valence-electron chi connectivity index (χ4n) is 15.8. The number of carbonyl (C=O) groups excluding carboxylic acids is 2. The van der Waals surface area contributed by atoms with Crippen molar-refractivity contribution in [3.8, 4) is 0 Å². The van der Waals surface area contributed by atoms with E-state index in [4.69, 9.17) is 15.2 Å². The van der Waals surface area contributed by atoms with Gasteiger partial charge in [-0.3, -0.25) is 9.69 Å². The van der Waals surface area contributed by atoms with Gasteiger partial charge in [0.1, 0.15) is 11.2 Å². The summed E-state index contributed by atoms with van der Waals surface area (Å²) in [6, 6.07) is 7.35. The number of allylic oxidation sites excluding steroid dienone is 4. The van der Waals surface area contributed by atoms with E-state index in [1.807, 2.05) is 0 Å². The maximum Gasteiger partial charge on any atom is 0.339 e. The van der Waals surface area contributed by atoms with Crippen LogP contribution in [0.3, 0.4) is 0 Å². The first-order chi connectivity index (χ1) is 26.2. The third-order valence-electron chi connectivity index (χ3n) is 17.6. The molecule has 15 rings (SSSR count). The Morgan fingerprint density at radius 3 is 2.78 bits per heavy atom. The van der Waals surface area contributed by atoms with Gasteiger partial charge >= 0.3 is 11.9 Å². The average molecular weight is 728 g/mol. The number of esters is 2. The lowest BCUT2D eigenvalue weighted by molar-refractivity contribution is -0.278. The van der Waals surface area contributed by atoms with Crippen molar-refractivity contribution in [1.29, 1.82) is 0 Å². The van der Waals surface area contributed by atoms with E-state index in [1.165, 1.54) is 43.4 Å². The zero-order chi connectivity index (χ0) is 36.5. The number of nitrogens with two attached hydrogens (primary N) is 1. The summed E-state index contributed by atoms with van der Waals surface area (Å²) in [4.78, 5) is 35.9. The van der Waals surface area contributed by atoms with Gasteiger partial charge in [-0.1, -0.05) is 49.3 Å². The number of carbonyl (C=O) groups is 2. The molecule has 54 heavy (non-hydrogen) atoms. The Kier molecular flexibility index (Phi) is 6.74. The van der Waals surface area contributed by atoms with Crippen molar-refractivity contribution < 1.29 is 19.1 Å². The predicted octanol–water partition coefficient (Wildman–Crippen LogP) is 7.57. The molecule has 14 aliphatic rings. The van der Waals surface area contributed by atoms with Crippen molar-refractivity contribution >= 4 is 11.9 Å². The standard InChI is InChI=1S/C47H57N3O4/c1-25-9-11-30-21-34-26(2)19-31-12-13-36-32-20-28-22-49(24-32)27(3)10-14-38-45-16-15-33(40(34)42(31)50(36)23-28)41(30)46(45,44(52)53-38)37(18-25)47(45)35-8-4-6-29(7-5-17-48)39(35)43(51)54-47/h4,6,8,14,21,25-28,32,34,36-37,40H,5,7,9-13,15-20,22-24,48H2,1-3H3/b38-14-/t25-,26+,27-,28-,32+,34-,36-,37+,40-,45-,46-,47-/m1/s1. The van der Waals surface area contributed by atoms with Gasteiger partial charge in [0.05, 0.1) is 11.0 Å². The molecule has 1 aromatic carbocycles.